The van der Waals surface area contributed by atoms with Gasteiger partial charge in [-0.3, -0.25) is 9.78 Å². The molecule has 1 aliphatic heterocycles. The Morgan fingerprint density at radius 1 is 1.16 bits per heavy atom. The van der Waals surface area contributed by atoms with Crippen molar-refractivity contribution in [2.75, 3.05) is 19.6 Å². The lowest BCUT2D eigenvalue weighted by Gasteiger charge is -2.36. The Balaban J connectivity index is 1.58. The first-order valence-electron chi connectivity index (χ1n) is 11.5. The molecule has 2 aromatic rings. The molecule has 31 heavy (non-hydrogen) atoms. The van der Waals surface area contributed by atoms with Crippen molar-refractivity contribution in [2.24, 2.45) is 5.92 Å². The number of amides is 1. The number of benzene rings is 1. The second-order valence-corrected chi connectivity index (χ2v) is 8.76. The van der Waals surface area contributed by atoms with Crippen molar-refractivity contribution in [1.82, 2.24) is 15.6 Å². The van der Waals surface area contributed by atoms with Gasteiger partial charge in [-0.05, 0) is 79.3 Å². The van der Waals surface area contributed by atoms with E-state index in [1.807, 2.05) is 12.4 Å². The molecule has 4 rings (SSSR count). The summed E-state index contributed by atoms with van der Waals surface area (Å²) in [5, 5.41) is 6.55. The van der Waals surface area contributed by atoms with Crippen LogP contribution in [0.25, 0.3) is 5.57 Å². The molecule has 1 aromatic heterocycles. The molecule has 0 radical (unpaired) electrons. The van der Waals surface area contributed by atoms with Crippen molar-refractivity contribution in [3.05, 3.63) is 82.7 Å². The highest BCUT2D eigenvalue weighted by molar-refractivity contribution is 5.74. The first kappa shape index (κ1) is 21.5. The molecule has 1 amide bonds. The van der Waals surface area contributed by atoms with Gasteiger partial charge in [-0.15, -0.1) is 0 Å². The van der Waals surface area contributed by atoms with Crippen molar-refractivity contribution < 1.29 is 4.79 Å². The van der Waals surface area contributed by atoms with Gasteiger partial charge in [0, 0.05) is 32.4 Å². The summed E-state index contributed by atoms with van der Waals surface area (Å²) in [5.74, 6) is 1.10. The topological polar surface area (TPSA) is 54.0 Å². The van der Waals surface area contributed by atoms with E-state index in [1.54, 1.807) is 12.5 Å². The van der Waals surface area contributed by atoms with Gasteiger partial charge in [-0.25, -0.2) is 0 Å². The van der Waals surface area contributed by atoms with Crippen LogP contribution in [0.2, 0.25) is 0 Å². The van der Waals surface area contributed by atoms with E-state index in [1.165, 1.54) is 27.8 Å². The average molecular weight is 416 g/mol. The number of hydrogen-bond donors (Lipinski definition) is 2. The number of pyridine rings is 1. The van der Waals surface area contributed by atoms with Crippen molar-refractivity contribution >= 4 is 11.5 Å². The monoisotopic (exact) mass is 415 g/mol. The smallest absolute Gasteiger partial charge is 0.216 e. The maximum atomic E-state index is 11.2. The molecule has 0 unspecified atom stereocenters. The van der Waals surface area contributed by atoms with E-state index in [9.17, 15) is 4.79 Å². The summed E-state index contributed by atoms with van der Waals surface area (Å²) >= 11 is 0. The minimum Gasteiger partial charge on any atom is -0.356 e. The third-order valence-electron chi connectivity index (χ3n) is 6.73. The fourth-order valence-corrected chi connectivity index (χ4v) is 5.23. The first-order chi connectivity index (χ1) is 15.1. The van der Waals surface area contributed by atoms with E-state index in [2.05, 4.69) is 65.0 Å². The minimum atomic E-state index is 0.0297. The molecule has 1 saturated heterocycles. The van der Waals surface area contributed by atoms with Crippen LogP contribution in [0.5, 0.6) is 0 Å². The Kier molecular flexibility index (Phi) is 6.98. The summed E-state index contributed by atoms with van der Waals surface area (Å²) in [6.07, 6.45) is 10.5. The Morgan fingerprint density at radius 3 is 2.81 bits per heavy atom. The van der Waals surface area contributed by atoms with E-state index >= 15 is 0 Å². The van der Waals surface area contributed by atoms with Gasteiger partial charge >= 0.3 is 0 Å². The lowest BCUT2D eigenvalue weighted by Crippen LogP contribution is -2.37. The van der Waals surface area contributed by atoms with Crippen molar-refractivity contribution in [2.45, 2.75) is 45.4 Å². The van der Waals surface area contributed by atoms with E-state index in [-0.39, 0.29) is 5.91 Å². The molecule has 162 valence electrons. The van der Waals surface area contributed by atoms with Crippen molar-refractivity contribution in [3.8, 4) is 0 Å². The maximum Gasteiger partial charge on any atom is 0.216 e. The number of hydrogen-bond acceptors (Lipinski definition) is 3. The van der Waals surface area contributed by atoms with E-state index in [4.69, 9.17) is 0 Å². The molecule has 1 fully saturated rings. The zero-order valence-corrected chi connectivity index (χ0v) is 18.7. The highest BCUT2D eigenvalue weighted by atomic mass is 16.1. The predicted molar refractivity (Wildman–Crippen MR) is 127 cm³/mol. The van der Waals surface area contributed by atoms with Crippen LogP contribution >= 0.6 is 0 Å². The van der Waals surface area contributed by atoms with Gasteiger partial charge in [0.15, 0.2) is 0 Å². The normalized spacial score (nSPS) is 21.5. The zero-order valence-electron chi connectivity index (χ0n) is 18.7. The quantitative estimate of drug-likeness (QED) is 0.722. The van der Waals surface area contributed by atoms with Gasteiger partial charge in [0.25, 0.3) is 0 Å². The maximum absolute atomic E-state index is 11.2. The molecule has 0 saturated carbocycles. The van der Waals surface area contributed by atoms with Crippen molar-refractivity contribution in [1.29, 1.82) is 0 Å². The summed E-state index contributed by atoms with van der Waals surface area (Å²) in [7, 11) is 0. The van der Waals surface area contributed by atoms with Gasteiger partial charge in [0.05, 0.1) is 0 Å². The third-order valence-corrected chi connectivity index (χ3v) is 6.73. The number of nitrogens with one attached hydrogen (secondary N) is 2. The van der Waals surface area contributed by atoms with Crippen molar-refractivity contribution in [3.63, 3.8) is 0 Å². The van der Waals surface area contributed by atoms with E-state index in [0.717, 1.165) is 38.8 Å². The summed E-state index contributed by atoms with van der Waals surface area (Å²) < 4.78 is 0. The number of piperidine rings is 1. The summed E-state index contributed by atoms with van der Waals surface area (Å²) in [5.41, 5.74) is 8.44. The van der Waals surface area contributed by atoms with Gasteiger partial charge in [-0.1, -0.05) is 47.6 Å². The van der Waals surface area contributed by atoms with Crippen LogP contribution in [0.4, 0.5) is 0 Å². The fraction of sp³-hybridized carbons (Fsp3) is 0.407. The number of aromatic nitrogens is 1. The van der Waals surface area contributed by atoms with Crippen LogP contribution in [-0.2, 0) is 11.2 Å². The summed E-state index contributed by atoms with van der Waals surface area (Å²) in [6, 6.07) is 12.9. The molecule has 0 bridgehead atoms. The predicted octanol–water partition coefficient (Wildman–Crippen LogP) is 4.65. The molecule has 2 atom stereocenters. The van der Waals surface area contributed by atoms with Crippen LogP contribution in [-0.4, -0.2) is 30.5 Å². The lowest BCUT2D eigenvalue weighted by molar-refractivity contribution is -0.118. The number of allylic oxidation sites excluding steroid dienone is 3. The number of rotatable bonds is 6. The average Bonchev–Trinajstić information content (AvgIpc) is 2.80. The molecule has 2 aliphatic rings. The Bertz CT molecular complexity index is 977. The molecule has 1 aliphatic carbocycles. The van der Waals surface area contributed by atoms with Crippen LogP contribution < -0.4 is 10.6 Å². The fourth-order valence-electron chi connectivity index (χ4n) is 5.23. The Labute approximate surface area is 185 Å². The molecule has 2 N–H and O–H groups in total. The lowest BCUT2D eigenvalue weighted by atomic mass is 9.72. The molecular formula is C27H33N3O. The van der Waals surface area contributed by atoms with Gasteiger partial charge in [-0.2, -0.15) is 0 Å². The third kappa shape index (κ3) is 5.13. The number of carbonyl (C=O) groups is 1. The van der Waals surface area contributed by atoms with Crippen LogP contribution in [0.3, 0.4) is 0 Å². The standard InChI is InChI=1S/C27H33N3O/c1-19-16-22(25-8-4-3-6-21(25)11-15-30-20(2)31)9-10-24(19)27-18-29-14-12-26(27)23-7-5-13-28-17-23/h3-8,13,16-17,26-27,29H,9-12,14-15,18H2,1-2H3,(H,30,31)/t26-,27-/m1/s1. The summed E-state index contributed by atoms with van der Waals surface area (Å²) in [4.78, 5) is 15.6. The molecule has 4 heteroatoms. The van der Waals surface area contributed by atoms with E-state index in [0.29, 0.717) is 18.4 Å². The van der Waals surface area contributed by atoms with Crippen LogP contribution in [0, 0.1) is 5.92 Å². The minimum absolute atomic E-state index is 0.0297. The first-order valence-corrected chi connectivity index (χ1v) is 11.5. The SMILES string of the molecule is CC(=O)NCCc1ccccc1C1=CC(C)=C([C@H]2CNCC[C@@H]2c2cccnc2)CC1. The van der Waals surface area contributed by atoms with Gasteiger partial charge < -0.3 is 10.6 Å². The van der Waals surface area contributed by atoms with Gasteiger partial charge in [0.1, 0.15) is 0 Å². The second-order valence-electron chi connectivity index (χ2n) is 8.76. The number of nitrogens with zero attached hydrogens (tertiary/aromatic N) is 1. The number of carbonyl (C=O) groups excluding carboxylic acids is 1. The Morgan fingerprint density at radius 2 is 2.03 bits per heavy atom. The van der Waals surface area contributed by atoms with Crippen LogP contribution in [0.15, 0.2) is 66.0 Å². The Hall–Kier alpha value is -2.72. The molecular weight excluding hydrogens is 382 g/mol. The highest BCUT2D eigenvalue weighted by Gasteiger charge is 2.31. The largest absolute Gasteiger partial charge is 0.356 e. The molecule has 2 heterocycles. The molecule has 1 aromatic carbocycles. The second kappa shape index (κ2) is 10.1. The van der Waals surface area contributed by atoms with E-state index < -0.39 is 0 Å². The zero-order chi connectivity index (χ0) is 21.6. The highest BCUT2D eigenvalue weighted by Crippen LogP contribution is 2.42. The molecule has 4 nitrogen and oxygen atoms in total. The summed E-state index contributed by atoms with van der Waals surface area (Å²) in [6.45, 7) is 6.65. The van der Waals surface area contributed by atoms with Gasteiger partial charge in [0.2, 0.25) is 5.91 Å². The molecule has 0 spiro atoms. The van der Waals surface area contributed by atoms with Crippen LogP contribution in [0.1, 0.15) is 55.7 Å².